The number of carbonyl (C=O) groups excluding carboxylic acids is 1. The van der Waals surface area contributed by atoms with E-state index in [0.29, 0.717) is 6.10 Å². The fraction of sp³-hybridized carbons (Fsp3) is 0.562. The maximum absolute atomic E-state index is 12.3. The van der Waals surface area contributed by atoms with E-state index in [4.69, 9.17) is 10.5 Å². The smallest absolute Gasteiger partial charge is 0.321 e. The highest BCUT2D eigenvalue weighted by atomic mass is 16.5. The first kappa shape index (κ1) is 15.8. The quantitative estimate of drug-likeness (QED) is 0.896. The Bertz CT molecular complexity index is 468. The molecule has 0 aromatic heterocycles. The Morgan fingerprint density at radius 1 is 1.48 bits per heavy atom. The maximum atomic E-state index is 12.3. The molecule has 0 spiro atoms. The molecule has 2 rings (SSSR count). The molecule has 21 heavy (non-hydrogen) atoms. The van der Waals surface area contributed by atoms with E-state index in [9.17, 15) is 4.79 Å². The first-order valence-corrected chi connectivity index (χ1v) is 7.63. The number of nitrogens with two attached hydrogens (primary N) is 1. The Hall–Kier alpha value is -1.59. The van der Waals surface area contributed by atoms with Gasteiger partial charge in [0, 0.05) is 31.4 Å². The molecule has 5 heteroatoms. The van der Waals surface area contributed by atoms with Crippen LogP contribution in [0.3, 0.4) is 0 Å². The molecule has 5 nitrogen and oxygen atoms in total. The summed E-state index contributed by atoms with van der Waals surface area (Å²) >= 11 is 0. The molecule has 116 valence electrons. The monoisotopic (exact) mass is 291 g/mol. The van der Waals surface area contributed by atoms with Crippen molar-refractivity contribution in [1.29, 1.82) is 0 Å². The van der Waals surface area contributed by atoms with Crippen molar-refractivity contribution < 1.29 is 9.53 Å². The van der Waals surface area contributed by atoms with E-state index >= 15 is 0 Å². The number of rotatable bonds is 4. The van der Waals surface area contributed by atoms with Crippen LogP contribution in [0.4, 0.5) is 10.5 Å². The number of urea groups is 1. The molecule has 0 radical (unpaired) electrons. The van der Waals surface area contributed by atoms with Crippen LogP contribution in [-0.2, 0) is 4.74 Å². The van der Waals surface area contributed by atoms with Gasteiger partial charge in [-0.15, -0.1) is 0 Å². The number of nitrogens with zero attached hydrogens (tertiary/aromatic N) is 1. The van der Waals surface area contributed by atoms with Crippen LogP contribution in [0.5, 0.6) is 0 Å². The largest absolute Gasteiger partial charge is 0.378 e. The molecule has 0 saturated carbocycles. The van der Waals surface area contributed by atoms with Crippen molar-refractivity contribution in [1.82, 2.24) is 4.90 Å². The van der Waals surface area contributed by atoms with Crippen LogP contribution in [-0.4, -0.2) is 36.7 Å². The highest BCUT2D eigenvalue weighted by Gasteiger charge is 2.22. The Morgan fingerprint density at radius 3 is 2.81 bits per heavy atom. The first-order valence-electron chi connectivity index (χ1n) is 7.63. The Morgan fingerprint density at radius 2 is 2.19 bits per heavy atom. The second-order valence-corrected chi connectivity index (χ2v) is 5.49. The fourth-order valence-electron chi connectivity index (χ4n) is 2.56. The third-order valence-electron chi connectivity index (χ3n) is 3.80. The van der Waals surface area contributed by atoms with E-state index in [1.807, 2.05) is 43.0 Å². The lowest BCUT2D eigenvalue weighted by Crippen LogP contribution is -2.43. The number of likely N-dealkylation sites (tertiary alicyclic amines) is 1. The van der Waals surface area contributed by atoms with Crippen LogP contribution in [0.15, 0.2) is 24.3 Å². The summed E-state index contributed by atoms with van der Waals surface area (Å²) in [6, 6.07) is 7.60. The summed E-state index contributed by atoms with van der Waals surface area (Å²) in [5.74, 6) is 0. The van der Waals surface area contributed by atoms with Gasteiger partial charge in [0.2, 0.25) is 0 Å². The van der Waals surface area contributed by atoms with Crippen molar-refractivity contribution in [3.8, 4) is 0 Å². The van der Waals surface area contributed by atoms with Gasteiger partial charge < -0.3 is 20.7 Å². The average molecular weight is 291 g/mol. The standard InChI is InChI=1S/C16H25N3O2/c1-3-21-15-7-9-19(10-8-15)16(20)18-14-6-4-5-13(11-14)12(2)17/h4-6,11-12,15H,3,7-10,17H2,1-2H3,(H,18,20). The summed E-state index contributed by atoms with van der Waals surface area (Å²) in [7, 11) is 0. The number of anilines is 1. The van der Waals surface area contributed by atoms with Gasteiger partial charge >= 0.3 is 6.03 Å². The van der Waals surface area contributed by atoms with Gasteiger partial charge in [-0.2, -0.15) is 0 Å². The third-order valence-corrected chi connectivity index (χ3v) is 3.80. The lowest BCUT2D eigenvalue weighted by Gasteiger charge is -2.31. The normalized spacial score (nSPS) is 17.6. The van der Waals surface area contributed by atoms with Crippen molar-refractivity contribution in [3.63, 3.8) is 0 Å². The first-order chi connectivity index (χ1) is 10.1. The SMILES string of the molecule is CCOC1CCN(C(=O)Nc2cccc(C(C)N)c2)CC1. The van der Waals surface area contributed by atoms with E-state index in [1.165, 1.54) is 0 Å². The van der Waals surface area contributed by atoms with Gasteiger partial charge in [0.05, 0.1) is 6.10 Å². The van der Waals surface area contributed by atoms with Crippen LogP contribution >= 0.6 is 0 Å². The van der Waals surface area contributed by atoms with Gasteiger partial charge in [0.25, 0.3) is 0 Å². The van der Waals surface area contributed by atoms with Gasteiger partial charge in [0.1, 0.15) is 0 Å². The number of ether oxygens (including phenoxy) is 1. The Labute approximate surface area is 126 Å². The minimum Gasteiger partial charge on any atom is -0.378 e. The van der Waals surface area contributed by atoms with Gasteiger partial charge in [-0.25, -0.2) is 4.79 Å². The number of carbonyl (C=O) groups is 1. The molecule has 3 N–H and O–H groups in total. The van der Waals surface area contributed by atoms with Crippen LogP contribution in [0.25, 0.3) is 0 Å². The predicted octanol–water partition coefficient (Wildman–Crippen LogP) is 2.74. The molecule has 1 aromatic rings. The van der Waals surface area contributed by atoms with Gasteiger partial charge in [-0.05, 0) is 44.4 Å². The molecule has 2 amide bonds. The second kappa shape index (κ2) is 7.43. The van der Waals surface area contributed by atoms with Crippen LogP contribution in [0.2, 0.25) is 0 Å². The molecule has 1 aliphatic rings. The van der Waals surface area contributed by atoms with Gasteiger partial charge in [-0.3, -0.25) is 0 Å². The molecule has 1 atom stereocenters. The van der Waals surface area contributed by atoms with Crippen molar-refractivity contribution in [2.24, 2.45) is 5.73 Å². The summed E-state index contributed by atoms with van der Waals surface area (Å²) < 4.78 is 5.60. The van der Waals surface area contributed by atoms with Crippen molar-refractivity contribution >= 4 is 11.7 Å². The lowest BCUT2D eigenvalue weighted by molar-refractivity contribution is 0.0232. The van der Waals surface area contributed by atoms with Gasteiger partial charge in [0.15, 0.2) is 0 Å². The Kier molecular flexibility index (Phi) is 5.59. The van der Waals surface area contributed by atoms with E-state index in [0.717, 1.165) is 43.8 Å². The minimum atomic E-state index is -0.0493. The number of nitrogens with one attached hydrogen (secondary N) is 1. The van der Waals surface area contributed by atoms with Crippen molar-refractivity contribution in [3.05, 3.63) is 29.8 Å². The molecule has 0 aliphatic carbocycles. The van der Waals surface area contributed by atoms with E-state index in [1.54, 1.807) is 0 Å². The molecule has 1 unspecified atom stereocenters. The summed E-state index contributed by atoms with van der Waals surface area (Å²) in [5, 5.41) is 2.94. The zero-order chi connectivity index (χ0) is 15.2. The maximum Gasteiger partial charge on any atom is 0.321 e. The molecule has 1 saturated heterocycles. The zero-order valence-electron chi connectivity index (χ0n) is 12.8. The average Bonchev–Trinajstić information content (AvgIpc) is 2.48. The number of hydrogen-bond donors (Lipinski definition) is 2. The van der Waals surface area contributed by atoms with Crippen LogP contribution in [0.1, 0.15) is 38.3 Å². The summed E-state index contributed by atoms with van der Waals surface area (Å²) in [6.45, 7) is 6.15. The minimum absolute atomic E-state index is 0.0382. The van der Waals surface area contributed by atoms with Gasteiger partial charge in [-0.1, -0.05) is 12.1 Å². The highest BCUT2D eigenvalue weighted by molar-refractivity contribution is 5.89. The molecular formula is C16H25N3O2. The van der Waals surface area contributed by atoms with Crippen molar-refractivity contribution in [2.75, 3.05) is 25.0 Å². The number of amides is 2. The predicted molar refractivity (Wildman–Crippen MR) is 84.3 cm³/mol. The van der Waals surface area contributed by atoms with Crippen LogP contribution < -0.4 is 11.1 Å². The number of hydrogen-bond acceptors (Lipinski definition) is 3. The molecule has 1 aromatic carbocycles. The topological polar surface area (TPSA) is 67.6 Å². The molecule has 1 heterocycles. The highest BCUT2D eigenvalue weighted by Crippen LogP contribution is 2.18. The van der Waals surface area contributed by atoms with Crippen LogP contribution in [0, 0.1) is 0 Å². The van der Waals surface area contributed by atoms with E-state index in [2.05, 4.69) is 5.32 Å². The molecule has 1 fully saturated rings. The second-order valence-electron chi connectivity index (χ2n) is 5.49. The molecule has 1 aliphatic heterocycles. The van der Waals surface area contributed by atoms with E-state index < -0.39 is 0 Å². The summed E-state index contributed by atoms with van der Waals surface area (Å²) in [4.78, 5) is 14.1. The van der Waals surface area contributed by atoms with Crippen molar-refractivity contribution in [2.45, 2.75) is 38.8 Å². The fourth-order valence-corrected chi connectivity index (χ4v) is 2.56. The summed E-state index contributed by atoms with van der Waals surface area (Å²) in [6.07, 6.45) is 2.10. The Balaban J connectivity index is 1.89. The lowest BCUT2D eigenvalue weighted by atomic mass is 10.1. The van der Waals surface area contributed by atoms with E-state index in [-0.39, 0.29) is 12.1 Å². The zero-order valence-corrected chi connectivity index (χ0v) is 12.8. The third kappa shape index (κ3) is 4.44. The molecule has 0 bridgehead atoms. The molecular weight excluding hydrogens is 266 g/mol. The number of piperidine rings is 1. The number of benzene rings is 1. The summed E-state index contributed by atoms with van der Waals surface area (Å²) in [5.41, 5.74) is 7.67.